The summed E-state index contributed by atoms with van der Waals surface area (Å²) in [5, 5.41) is 0. The molecule has 0 atom stereocenters. The highest BCUT2D eigenvalue weighted by molar-refractivity contribution is 5.95. The third kappa shape index (κ3) is 3.80. The van der Waals surface area contributed by atoms with E-state index in [4.69, 9.17) is 9.47 Å². The van der Waals surface area contributed by atoms with Crippen LogP contribution < -0.4 is 25.6 Å². The number of carbonyl (C=O) groups is 1. The summed E-state index contributed by atoms with van der Waals surface area (Å²) in [6.07, 6.45) is 0. The zero-order chi connectivity index (χ0) is 22.3. The molecular weight excluding hydrogens is 400 g/mol. The van der Waals surface area contributed by atoms with E-state index in [-0.39, 0.29) is 36.0 Å². The van der Waals surface area contributed by atoms with Crippen molar-refractivity contribution in [2.45, 2.75) is 39.8 Å². The molecule has 2 aliphatic heterocycles. The van der Waals surface area contributed by atoms with Crippen molar-refractivity contribution < 1.29 is 14.3 Å². The molecule has 1 aromatic heterocycles. The van der Waals surface area contributed by atoms with Gasteiger partial charge in [-0.15, -0.1) is 0 Å². The van der Waals surface area contributed by atoms with E-state index in [1.165, 1.54) is 10.6 Å². The van der Waals surface area contributed by atoms with Crippen molar-refractivity contribution in [1.29, 1.82) is 0 Å². The second-order valence-electron chi connectivity index (χ2n) is 8.40. The Bertz CT molecular complexity index is 1110. The van der Waals surface area contributed by atoms with Crippen molar-refractivity contribution in [3.8, 4) is 11.5 Å². The van der Waals surface area contributed by atoms with Gasteiger partial charge in [0.1, 0.15) is 5.82 Å². The fourth-order valence-electron chi connectivity index (χ4n) is 4.11. The highest BCUT2D eigenvalue weighted by Crippen LogP contribution is 2.33. The molecule has 3 heterocycles. The number of amides is 1. The van der Waals surface area contributed by atoms with Crippen LogP contribution in [-0.4, -0.2) is 52.9 Å². The van der Waals surface area contributed by atoms with Crippen LogP contribution in [-0.2, 0) is 0 Å². The van der Waals surface area contributed by atoms with Gasteiger partial charge in [0.25, 0.3) is 11.5 Å². The Balaban J connectivity index is 1.54. The van der Waals surface area contributed by atoms with Gasteiger partial charge in [-0.1, -0.05) is 0 Å². The molecule has 31 heavy (non-hydrogen) atoms. The Morgan fingerprint density at radius 2 is 1.52 bits per heavy atom. The van der Waals surface area contributed by atoms with Gasteiger partial charge in [0, 0.05) is 49.9 Å². The van der Waals surface area contributed by atoms with Crippen LogP contribution in [0.4, 0.5) is 5.82 Å². The minimum absolute atomic E-state index is 0.0746. The summed E-state index contributed by atoms with van der Waals surface area (Å²) in [4.78, 5) is 42.3. The molecule has 9 heteroatoms. The summed E-state index contributed by atoms with van der Waals surface area (Å²) >= 11 is 0. The molecule has 0 aliphatic carbocycles. The molecule has 0 N–H and O–H groups in total. The summed E-state index contributed by atoms with van der Waals surface area (Å²) in [6, 6.07) is 6.42. The second-order valence-corrected chi connectivity index (χ2v) is 8.40. The number of hydrogen-bond acceptors (Lipinski definition) is 6. The molecule has 4 rings (SSSR count). The lowest BCUT2D eigenvalue weighted by atomic mass is 10.1. The van der Waals surface area contributed by atoms with Gasteiger partial charge in [0.15, 0.2) is 11.5 Å². The summed E-state index contributed by atoms with van der Waals surface area (Å²) < 4.78 is 13.6. The maximum atomic E-state index is 13.0. The molecule has 1 saturated heterocycles. The average Bonchev–Trinajstić information content (AvgIpc) is 3.20. The smallest absolute Gasteiger partial charge is 0.333 e. The van der Waals surface area contributed by atoms with Gasteiger partial charge in [-0.2, -0.15) is 0 Å². The fourth-order valence-corrected chi connectivity index (χ4v) is 4.11. The molecule has 0 radical (unpaired) electrons. The molecule has 0 saturated carbocycles. The van der Waals surface area contributed by atoms with Gasteiger partial charge in [-0.25, -0.2) is 4.79 Å². The van der Waals surface area contributed by atoms with Crippen molar-refractivity contribution in [3.05, 3.63) is 50.7 Å². The number of fused-ring (bicyclic) bond motifs is 1. The Kier molecular flexibility index (Phi) is 5.51. The zero-order valence-electron chi connectivity index (χ0n) is 18.3. The normalized spacial score (nSPS) is 15.8. The minimum atomic E-state index is -0.300. The Hall–Kier alpha value is -3.23. The number of ether oxygens (including phenoxy) is 2. The van der Waals surface area contributed by atoms with E-state index in [9.17, 15) is 14.4 Å². The Morgan fingerprint density at radius 3 is 2.16 bits per heavy atom. The number of anilines is 1. The minimum Gasteiger partial charge on any atom is -0.454 e. The maximum absolute atomic E-state index is 13.0. The average molecular weight is 428 g/mol. The fraction of sp³-hybridized carbons (Fsp3) is 0.500. The van der Waals surface area contributed by atoms with E-state index < -0.39 is 0 Å². The molecule has 1 amide bonds. The van der Waals surface area contributed by atoms with E-state index in [0.29, 0.717) is 49.1 Å². The third-order valence-corrected chi connectivity index (χ3v) is 5.69. The van der Waals surface area contributed by atoms with Crippen LogP contribution in [0.1, 0.15) is 50.1 Å². The first-order valence-corrected chi connectivity index (χ1v) is 10.6. The van der Waals surface area contributed by atoms with Crippen LogP contribution in [0.5, 0.6) is 11.5 Å². The zero-order valence-corrected chi connectivity index (χ0v) is 18.3. The van der Waals surface area contributed by atoms with Gasteiger partial charge >= 0.3 is 5.69 Å². The van der Waals surface area contributed by atoms with Crippen molar-refractivity contribution in [2.75, 3.05) is 37.9 Å². The lowest BCUT2D eigenvalue weighted by molar-refractivity contribution is 0.0745. The molecule has 0 bridgehead atoms. The van der Waals surface area contributed by atoms with Crippen LogP contribution in [0.15, 0.2) is 33.9 Å². The molecule has 2 aromatic rings. The monoisotopic (exact) mass is 428 g/mol. The van der Waals surface area contributed by atoms with Gasteiger partial charge in [-0.05, 0) is 45.9 Å². The van der Waals surface area contributed by atoms with Gasteiger partial charge in [0.2, 0.25) is 6.79 Å². The molecule has 0 unspecified atom stereocenters. The van der Waals surface area contributed by atoms with Crippen LogP contribution in [0, 0.1) is 0 Å². The molecule has 9 nitrogen and oxygen atoms in total. The van der Waals surface area contributed by atoms with Gasteiger partial charge in [0.05, 0.1) is 0 Å². The number of aromatic nitrogens is 2. The molecular formula is C22H28N4O5. The highest BCUT2D eigenvalue weighted by Gasteiger charge is 2.27. The number of carbonyl (C=O) groups excluding carboxylic acids is 1. The number of rotatable bonds is 4. The van der Waals surface area contributed by atoms with Crippen molar-refractivity contribution in [3.63, 3.8) is 0 Å². The molecule has 166 valence electrons. The summed E-state index contributed by atoms with van der Waals surface area (Å²) in [5.41, 5.74) is -0.0477. The summed E-state index contributed by atoms with van der Waals surface area (Å²) in [6.45, 7) is 9.74. The van der Waals surface area contributed by atoms with Crippen LogP contribution >= 0.6 is 0 Å². The topological polar surface area (TPSA) is 86.0 Å². The van der Waals surface area contributed by atoms with Crippen LogP contribution in [0.3, 0.4) is 0 Å². The van der Waals surface area contributed by atoms with Crippen LogP contribution in [0.25, 0.3) is 0 Å². The number of benzene rings is 1. The quantitative estimate of drug-likeness (QED) is 0.739. The molecule has 2 aliphatic rings. The highest BCUT2D eigenvalue weighted by atomic mass is 16.7. The molecule has 1 fully saturated rings. The van der Waals surface area contributed by atoms with Crippen molar-refractivity contribution in [1.82, 2.24) is 14.0 Å². The van der Waals surface area contributed by atoms with Gasteiger partial charge < -0.3 is 19.3 Å². The Labute approximate surface area is 180 Å². The first-order valence-electron chi connectivity index (χ1n) is 10.6. The predicted octanol–water partition coefficient (Wildman–Crippen LogP) is 1.86. The van der Waals surface area contributed by atoms with Crippen molar-refractivity contribution in [2.24, 2.45) is 0 Å². The van der Waals surface area contributed by atoms with Gasteiger partial charge in [-0.3, -0.25) is 18.7 Å². The molecule has 1 aromatic carbocycles. The Morgan fingerprint density at radius 1 is 0.871 bits per heavy atom. The third-order valence-electron chi connectivity index (χ3n) is 5.69. The number of hydrogen-bond donors (Lipinski definition) is 0. The van der Waals surface area contributed by atoms with E-state index >= 15 is 0 Å². The standard InChI is InChI=1S/C22H28N4O5/c1-14(2)25-19(12-20(27)26(15(3)4)22(25)29)23-7-9-24(10-8-23)21(28)16-5-6-17-18(11-16)31-13-30-17/h5-6,11-12,14-15H,7-10,13H2,1-4H3. The summed E-state index contributed by atoms with van der Waals surface area (Å²) in [5.74, 6) is 1.76. The first-order chi connectivity index (χ1) is 14.8. The lowest BCUT2D eigenvalue weighted by Crippen LogP contribution is -2.51. The number of nitrogens with zero attached hydrogens (tertiary/aromatic N) is 4. The van der Waals surface area contributed by atoms with E-state index in [1.807, 2.05) is 32.6 Å². The van der Waals surface area contributed by atoms with E-state index in [2.05, 4.69) is 0 Å². The van der Waals surface area contributed by atoms with Crippen molar-refractivity contribution >= 4 is 11.7 Å². The van der Waals surface area contributed by atoms with Crippen LogP contribution in [0.2, 0.25) is 0 Å². The van der Waals surface area contributed by atoms with E-state index in [1.54, 1.807) is 27.7 Å². The molecule has 0 spiro atoms. The summed E-state index contributed by atoms with van der Waals surface area (Å²) in [7, 11) is 0. The number of piperazine rings is 1. The largest absolute Gasteiger partial charge is 0.454 e. The second kappa shape index (κ2) is 8.13. The first kappa shape index (κ1) is 21.0. The lowest BCUT2D eigenvalue weighted by Gasteiger charge is -2.37. The SMILES string of the molecule is CC(C)n1c(N2CCN(C(=O)c3ccc4c(c3)OCO4)CC2)cc(=O)n(C(C)C)c1=O. The van der Waals surface area contributed by atoms with E-state index in [0.717, 1.165) is 0 Å². The predicted molar refractivity (Wildman–Crippen MR) is 116 cm³/mol. The maximum Gasteiger partial charge on any atom is 0.333 e.